The molecule has 20 heavy (non-hydrogen) atoms. The van der Waals surface area contributed by atoms with Gasteiger partial charge in [0.1, 0.15) is 5.15 Å². The lowest BCUT2D eigenvalue weighted by molar-refractivity contribution is -0.119. The van der Waals surface area contributed by atoms with Crippen LogP contribution >= 0.6 is 11.6 Å². The SMILES string of the molecule is NC(=O)CN1CCCN(C(=O)c2cccnc2Cl)CC1. The monoisotopic (exact) mass is 296 g/mol. The second kappa shape index (κ2) is 6.67. The first kappa shape index (κ1) is 14.7. The highest BCUT2D eigenvalue weighted by atomic mass is 35.5. The van der Waals surface area contributed by atoms with Crippen LogP contribution in [0.1, 0.15) is 16.8 Å². The van der Waals surface area contributed by atoms with Crippen molar-refractivity contribution in [3.63, 3.8) is 0 Å². The third-order valence-corrected chi connectivity index (χ3v) is 3.55. The number of pyridine rings is 1. The molecule has 0 atom stereocenters. The van der Waals surface area contributed by atoms with Crippen molar-refractivity contribution in [1.82, 2.24) is 14.8 Å². The molecule has 1 saturated heterocycles. The number of rotatable bonds is 3. The molecule has 1 aliphatic rings. The van der Waals surface area contributed by atoms with E-state index in [1.54, 1.807) is 23.2 Å². The van der Waals surface area contributed by atoms with Crippen LogP contribution in [0.15, 0.2) is 18.3 Å². The van der Waals surface area contributed by atoms with Crippen LogP contribution in [-0.2, 0) is 4.79 Å². The predicted molar refractivity (Wildman–Crippen MR) is 75.4 cm³/mol. The van der Waals surface area contributed by atoms with E-state index in [1.165, 1.54) is 0 Å². The van der Waals surface area contributed by atoms with Gasteiger partial charge in [-0.15, -0.1) is 0 Å². The lowest BCUT2D eigenvalue weighted by Crippen LogP contribution is -2.38. The third kappa shape index (κ3) is 3.68. The fourth-order valence-electron chi connectivity index (χ4n) is 2.27. The summed E-state index contributed by atoms with van der Waals surface area (Å²) < 4.78 is 0. The van der Waals surface area contributed by atoms with Crippen LogP contribution in [-0.4, -0.2) is 59.3 Å². The average molecular weight is 297 g/mol. The topological polar surface area (TPSA) is 79.5 Å². The van der Waals surface area contributed by atoms with Gasteiger partial charge in [0.05, 0.1) is 12.1 Å². The molecule has 6 nitrogen and oxygen atoms in total. The number of hydrogen-bond acceptors (Lipinski definition) is 4. The van der Waals surface area contributed by atoms with Gasteiger partial charge in [-0.3, -0.25) is 14.5 Å². The molecule has 7 heteroatoms. The van der Waals surface area contributed by atoms with Gasteiger partial charge in [0.15, 0.2) is 0 Å². The predicted octanol–water partition coefficient (Wildman–Crippen LogP) is 0.368. The summed E-state index contributed by atoms with van der Waals surface area (Å²) in [6, 6.07) is 3.36. The van der Waals surface area contributed by atoms with E-state index in [0.29, 0.717) is 25.2 Å². The van der Waals surface area contributed by atoms with Crippen molar-refractivity contribution in [3.05, 3.63) is 29.0 Å². The molecule has 0 radical (unpaired) electrons. The molecule has 108 valence electrons. The van der Waals surface area contributed by atoms with Crippen LogP contribution in [0, 0.1) is 0 Å². The largest absolute Gasteiger partial charge is 0.369 e. The number of carbonyl (C=O) groups is 2. The molecular formula is C13H17ClN4O2. The molecule has 1 aromatic heterocycles. The summed E-state index contributed by atoms with van der Waals surface area (Å²) in [5.41, 5.74) is 5.61. The Labute approximate surface area is 122 Å². The van der Waals surface area contributed by atoms with E-state index < -0.39 is 0 Å². The van der Waals surface area contributed by atoms with Gasteiger partial charge in [-0.25, -0.2) is 4.98 Å². The minimum atomic E-state index is -0.347. The maximum absolute atomic E-state index is 12.4. The van der Waals surface area contributed by atoms with Crippen molar-refractivity contribution in [2.24, 2.45) is 5.73 Å². The van der Waals surface area contributed by atoms with Crippen LogP contribution in [0.3, 0.4) is 0 Å². The van der Waals surface area contributed by atoms with Crippen molar-refractivity contribution in [2.45, 2.75) is 6.42 Å². The number of nitrogens with zero attached hydrogens (tertiary/aromatic N) is 3. The molecule has 0 saturated carbocycles. The quantitative estimate of drug-likeness (QED) is 0.817. The third-order valence-electron chi connectivity index (χ3n) is 3.24. The summed E-state index contributed by atoms with van der Waals surface area (Å²) in [6.07, 6.45) is 2.35. The van der Waals surface area contributed by atoms with Crippen LogP contribution < -0.4 is 5.73 Å². The Morgan fingerprint density at radius 1 is 1.30 bits per heavy atom. The van der Waals surface area contributed by atoms with E-state index in [0.717, 1.165) is 13.0 Å². The normalized spacial score (nSPS) is 16.8. The lowest BCUT2D eigenvalue weighted by Gasteiger charge is -2.21. The molecule has 1 aliphatic heterocycles. The summed E-state index contributed by atoms with van der Waals surface area (Å²) >= 11 is 5.95. The zero-order valence-corrected chi connectivity index (χ0v) is 11.8. The Bertz CT molecular complexity index is 509. The first-order chi connectivity index (χ1) is 9.58. The Morgan fingerprint density at radius 2 is 2.10 bits per heavy atom. The average Bonchev–Trinajstić information content (AvgIpc) is 2.63. The van der Waals surface area contributed by atoms with Crippen molar-refractivity contribution in [3.8, 4) is 0 Å². The van der Waals surface area contributed by atoms with E-state index >= 15 is 0 Å². The van der Waals surface area contributed by atoms with Gasteiger partial charge >= 0.3 is 0 Å². The summed E-state index contributed by atoms with van der Waals surface area (Å²) in [4.78, 5) is 30.9. The van der Waals surface area contributed by atoms with Crippen LogP contribution in [0.25, 0.3) is 0 Å². The number of primary amides is 1. The zero-order valence-electron chi connectivity index (χ0n) is 11.1. The highest BCUT2D eigenvalue weighted by molar-refractivity contribution is 6.32. The summed E-state index contributed by atoms with van der Waals surface area (Å²) in [5.74, 6) is -0.468. The molecular weight excluding hydrogens is 280 g/mol. The van der Waals surface area contributed by atoms with Crippen LogP contribution in [0.2, 0.25) is 5.15 Å². The van der Waals surface area contributed by atoms with Crippen LogP contribution in [0.4, 0.5) is 0 Å². The van der Waals surface area contributed by atoms with E-state index in [2.05, 4.69) is 4.98 Å². The first-order valence-corrected chi connectivity index (χ1v) is 6.86. The molecule has 0 bridgehead atoms. The van der Waals surface area contributed by atoms with Crippen LogP contribution in [0.5, 0.6) is 0 Å². The number of carbonyl (C=O) groups excluding carboxylic acids is 2. The molecule has 2 amide bonds. The molecule has 1 fully saturated rings. The van der Waals surface area contributed by atoms with E-state index in [9.17, 15) is 9.59 Å². The minimum Gasteiger partial charge on any atom is -0.369 e. The van der Waals surface area contributed by atoms with Crippen molar-refractivity contribution in [1.29, 1.82) is 0 Å². The summed E-state index contributed by atoms with van der Waals surface area (Å²) in [5, 5.41) is 0.218. The molecule has 0 aliphatic carbocycles. The van der Waals surface area contributed by atoms with Gasteiger partial charge in [-0.2, -0.15) is 0 Å². The molecule has 0 unspecified atom stereocenters. The van der Waals surface area contributed by atoms with Gasteiger partial charge in [-0.05, 0) is 18.6 Å². The fourth-order valence-corrected chi connectivity index (χ4v) is 2.47. The van der Waals surface area contributed by atoms with Gasteiger partial charge in [-0.1, -0.05) is 11.6 Å². The minimum absolute atomic E-state index is 0.121. The maximum atomic E-state index is 12.4. The van der Waals surface area contributed by atoms with Crippen molar-refractivity contribution < 1.29 is 9.59 Å². The molecule has 2 heterocycles. The Balaban J connectivity index is 2.02. The van der Waals surface area contributed by atoms with Gasteiger partial charge in [0, 0.05) is 32.4 Å². The standard InChI is InChI=1S/C13H17ClN4O2/c14-12-10(3-1-4-16-12)13(20)18-6-2-5-17(7-8-18)9-11(15)19/h1,3-4H,2,5-9H2,(H2,15,19). The second-order valence-corrected chi connectivity index (χ2v) is 5.09. The number of halogens is 1. The fraction of sp³-hybridized carbons (Fsp3) is 0.462. The Morgan fingerprint density at radius 3 is 2.80 bits per heavy atom. The summed E-state index contributed by atoms with van der Waals surface area (Å²) in [7, 11) is 0. The van der Waals surface area contributed by atoms with Crippen molar-refractivity contribution >= 4 is 23.4 Å². The second-order valence-electron chi connectivity index (χ2n) is 4.73. The van der Waals surface area contributed by atoms with Gasteiger partial charge in [0.25, 0.3) is 5.91 Å². The smallest absolute Gasteiger partial charge is 0.257 e. The Kier molecular flexibility index (Phi) is 4.92. The van der Waals surface area contributed by atoms with Gasteiger partial charge < -0.3 is 10.6 Å². The zero-order chi connectivity index (χ0) is 14.5. The number of hydrogen-bond donors (Lipinski definition) is 1. The molecule has 2 rings (SSSR count). The van der Waals surface area contributed by atoms with E-state index in [-0.39, 0.29) is 23.5 Å². The Hall–Kier alpha value is -1.66. The first-order valence-electron chi connectivity index (χ1n) is 6.48. The lowest BCUT2D eigenvalue weighted by atomic mass is 10.2. The summed E-state index contributed by atoms with van der Waals surface area (Å²) in [6.45, 7) is 2.81. The van der Waals surface area contributed by atoms with Gasteiger partial charge in [0.2, 0.25) is 5.91 Å². The van der Waals surface area contributed by atoms with Crippen molar-refractivity contribution in [2.75, 3.05) is 32.7 Å². The van der Waals surface area contributed by atoms with E-state index in [4.69, 9.17) is 17.3 Å². The number of nitrogens with two attached hydrogens (primary N) is 1. The molecule has 1 aromatic rings. The number of aromatic nitrogens is 1. The molecule has 2 N–H and O–H groups in total. The highest BCUT2D eigenvalue weighted by Gasteiger charge is 2.22. The molecule has 0 aromatic carbocycles. The number of amides is 2. The maximum Gasteiger partial charge on any atom is 0.257 e. The van der Waals surface area contributed by atoms with E-state index in [1.807, 2.05) is 4.90 Å². The highest BCUT2D eigenvalue weighted by Crippen LogP contribution is 2.15. The molecule has 0 spiro atoms.